The highest BCUT2D eigenvalue weighted by Gasteiger charge is 2.20. The summed E-state index contributed by atoms with van der Waals surface area (Å²) in [5, 5.41) is 14.8. The standard InChI is InChI=1S/C13H25N5O2/c1-5-6-7-18-12(15-16-17-18)9-14-11(8-10(2)3)13(19)20-4/h10-11,14H,5-9H2,1-4H3. The first-order chi connectivity index (χ1) is 9.58. The van der Waals surface area contributed by atoms with Gasteiger partial charge in [0, 0.05) is 6.54 Å². The molecule has 0 amide bonds. The molecule has 1 aromatic rings. The fraction of sp³-hybridized carbons (Fsp3) is 0.846. The Morgan fingerprint density at radius 3 is 2.80 bits per heavy atom. The first-order valence-corrected chi connectivity index (χ1v) is 7.14. The van der Waals surface area contributed by atoms with E-state index in [1.54, 1.807) is 4.68 Å². The largest absolute Gasteiger partial charge is 0.468 e. The smallest absolute Gasteiger partial charge is 0.322 e. The molecule has 20 heavy (non-hydrogen) atoms. The van der Waals surface area contributed by atoms with E-state index in [2.05, 4.69) is 41.6 Å². The van der Waals surface area contributed by atoms with Gasteiger partial charge in [-0.1, -0.05) is 27.2 Å². The second kappa shape index (κ2) is 8.63. The summed E-state index contributed by atoms with van der Waals surface area (Å²) in [6, 6.07) is -0.323. The van der Waals surface area contributed by atoms with Crippen molar-refractivity contribution < 1.29 is 9.53 Å². The maximum Gasteiger partial charge on any atom is 0.322 e. The summed E-state index contributed by atoms with van der Waals surface area (Å²) in [6.07, 6.45) is 2.85. The second-order valence-corrected chi connectivity index (χ2v) is 5.26. The van der Waals surface area contributed by atoms with Crippen molar-refractivity contribution in [1.29, 1.82) is 0 Å². The maximum atomic E-state index is 11.7. The molecular weight excluding hydrogens is 258 g/mol. The Kier molecular flexibility index (Phi) is 7.14. The van der Waals surface area contributed by atoms with Crippen molar-refractivity contribution in [3.8, 4) is 0 Å². The van der Waals surface area contributed by atoms with E-state index in [-0.39, 0.29) is 12.0 Å². The molecule has 1 aromatic heterocycles. The van der Waals surface area contributed by atoms with Crippen molar-refractivity contribution >= 4 is 5.97 Å². The highest BCUT2D eigenvalue weighted by molar-refractivity contribution is 5.75. The Balaban J connectivity index is 2.58. The van der Waals surface area contributed by atoms with E-state index >= 15 is 0 Å². The number of aryl methyl sites for hydroxylation is 1. The maximum absolute atomic E-state index is 11.7. The molecule has 0 saturated carbocycles. The summed E-state index contributed by atoms with van der Waals surface area (Å²) in [7, 11) is 1.41. The fourth-order valence-electron chi connectivity index (χ4n) is 1.92. The van der Waals surface area contributed by atoms with Crippen molar-refractivity contribution in [2.24, 2.45) is 5.92 Å². The van der Waals surface area contributed by atoms with Crippen LogP contribution in [0.4, 0.5) is 0 Å². The van der Waals surface area contributed by atoms with Gasteiger partial charge in [-0.25, -0.2) is 4.68 Å². The van der Waals surface area contributed by atoms with Crippen LogP contribution in [0, 0.1) is 5.92 Å². The molecule has 0 spiro atoms. The molecule has 1 atom stereocenters. The van der Waals surface area contributed by atoms with Gasteiger partial charge in [-0.2, -0.15) is 0 Å². The lowest BCUT2D eigenvalue weighted by Crippen LogP contribution is -2.38. The minimum atomic E-state index is -0.323. The number of ether oxygens (including phenoxy) is 1. The lowest BCUT2D eigenvalue weighted by atomic mass is 10.0. The van der Waals surface area contributed by atoms with Gasteiger partial charge in [0.15, 0.2) is 5.82 Å². The van der Waals surface area contributed by atoms with Crippen molar-refractivity contribution in [2.75, 3.05) is 7.11 Å². The van der Waals surface area contributed by atoms with Gasteiger partial charge in [0.2, 0.25) is 0 Å². The number of hydrogen-bond donors (Lipinski definition) is 1. The van der Waals surface area contributed by atoms with E-state index in [9.17, 15) is 4.79 Å². The lowest BCUT2D eigenvalue weighted by molar-refractivity contribution is -0.143. The number of nitrogens with one attached hydrogen (secondary N) is 1. The van der Waals surface area contributed by atoms with E-state index in [1.807, 2.05) is 0 Å². The number of rotatable bonds is 9. The minimum absolute atomic E-state index is 0.244. The molecule has 0 aliphatic carbocycles. The molecule has 114 valence electrons. The van der Waals surface area contributed by atoms with Crippen LogP contribution in [0.1, 0.15) is 45.9 Å². The van der Waals surface area contributed by atoms with Crippen LogP contribution in [0.5, 0.6) is 0 Å². The van der Waals surface area contributed by atoms with Gasteiger partial charge in [-0.05, 0) is 29.2 Å². The molecule has 7 heteroatoms. The predicted octanol–water partition coefficient (Wildman–Crippen LogP) is 1.15. The Hall–Kier alpha value is -1.50. The van der Waals surface area contributed by atoms with Crippen molar-refractivity contribution in [1.82, 2.24) is 25.5 Å². The average Bonchev–Trinajstić information content (AvgIpc) is 2.87. The summed E-state index contributed by atoms with van der Waals surface area (Å²) in [5.74, 6) is 0.907. The highest BCUT2D eigenvalue weighted by atomic mass is 16.5. The first-order valence-electron chi connectivity index (χ1n) is 7.14. The van der Waals surface area contributed by atoms with Crippen LogP contribution in [0.3, 0.4) is 0 Å². The molecule has 1 N–H and O–H groups in total. The molecule has 0 aliphatic rings. The molecule has 1 unspecified atom stereocenters. The molecule has 0 aromatic carbocycles. The van der Waals surface area contributed by atoms with Gasteiger partial charge in [-0.3, -0.25) is 10.1 Å². The van der Waals surface area contributed by atoms with E-state index < -0.39 is 0 Å². The van der Waals surface area contributed by atoms with Crippen molar-refractivity contribution in [2.45, 2.75) is 59.2 Å². The molecule has 1 heterocycles. The van der Waals surface area contributed by atoms with Crippen LogP contribution in [-0.4, -0.2) is 39.3 Å². The van der Waals surface area contributed by atoms with Gasteiger partial charge in [-0.15, -0.1) is 5.10 Å². The van der Waals surface area contributed by atoms with Gasteiger partial charge < -0.3 is 4.74 Å². The zero-order valence-corrected chi connectivity index (χ0v) is 12.8. The zero-order chi connectivity index (χ0) is 15.0. The van der Waals surface area contributed by atoms with Crippen LogP contribution in [0.25, 0.3) is 0 Å². The fourth-order valence-corrected chi connectivity index (χ4v) is 1.92. The number of carbonyl (C=O) groups is 1. The van der Waals surface area contributed by atoms with Gasteiger partial charge in [0.25, 0.3) is 0 Å². The monoisotopic (exact) mass is 283 g/mol. The first kappa shape index (κ1) is 16.6. The van der Waals surface area contributed by atoms with Crippen molar-refractivity contribution in [3.05, 3.63) is 5.82 Å². The van der Waals surface area contributed by atoms with Crippen molar-refractivity contribution in [3.63, 3.8) is 0 Å². The molecule has 0 saturated heterocycles. The van der Waals surface area contributed by atoms with Crippen LogP contribution in [-0.2, 0) is 22.6 Å². The van der Waals surface area contributed by atoms with E-state index in [4.69, 9.17) is 4.74 Å². The third kappa shape index (κ3) is 5.24. The number of tetrazole rings is 1. The molecule has 0 radical (unpaired) electrons. The summed E-state index contributed by atoms with van der Waals surface area (Å²) in [6.45, 7) is 7.53. The highest BCUT2D eigenvalue weighted by Crippen LogP contribution is 2.07. The van der Waals surface area contributed by atoms with E-state index in [0.717, 1.165) is 31.6 Å². The number of nitrogens with zero attached hydrogens (tertiary/aromatic N) is 4. The SMILES string of the molecule is CCCCn1nnnc1CNC(CC(C)C)C(=O)OC. The Morgan fingerprint density at radius 1 is 1.45 bits per heavy atom. The average molecular weight is 283 g/mol. The van der Waals surface area contributed by atoms with E-state index in [1.165, 1.54) is 7.11 Å². The third-order valence-corrected chi connectivity index (χ3v) is 3.03. The summed E-state index contributed by atoms with van der Waals surface area (Å²) >= 11 is 0. The number of aromatic nitrogens is 4. The normalized spacial score (nSPS) is 12.7. The van der Waals surface area contributed by atoms with Crippen LogP contribution >= 0.6 is 0 Å². The summed E-state index contributed by atoms with van der Waals surface area (Å²) in [5.41, 5.74) is 0. The van der Waals surface area contributed by atoms with E-state index in [0.29, 0.717) is 12.5 Å². The molecule has 1 rings (SSSR count). The number of methoxy groups -OCH3 is 1. The van der Waals surface area contributed by atoms with Crippen LogP contribution in [0.15, 0.2) is 0 Å². The second-order valence-electron chi connectivity index (χ2n) is 5.26. The number of carbonyl (C=O) groups excluding carboxylic acids is 1. The summed E-state index contributed by atoms with van der Waals surface area (Å²) in [4.78, 5) is 11.7. The molecule has 0 fully saturated rings. The number of hydrogen-bond acceptors (Lipinski definition) is 6. The Labute approximate surface area is 120 Å². The predicted molar refractivity (Wildman–Crippen MR) is 74.8 cm³/mol. The third-order valence-electron chi connectivity index (χ3n) is 3.03. The molecule has 0 aliphatic heterocycles. The lowest BCUT2D eigenvalue weighted by Gasteiger charge is -2.17. The minimum Gasteiger partial charge on any atom is -0.468 e. The van der Waals surface area contributed by atoms with Crippen LogP contribution < -0.4 is 5.32 Å². The Bertz CT molecular complexity index is 405. The molecule has 7 nitrogen and oxygen atoms in total. The Morgan fingerprint density at radius 2 is 2.20 bits per heavy atom. The van der Waals surface area contributed by atoms with Gasteiger partial charge in [0.1, 0.15) is 6.04 Å². The van der Waals surface area contributed by atoms with Crippen LogP contribution in [0.2, 0.25) is 0 Å². The quantitative estimate of drug-likeness (QED) is 0.685. The van der Waals surface area contributed by atoms with Gasteiger partial charge in [0.05, 0.1) is 13.7 Å². The van der Waals surface area contributed by atoms with Gasteiger partial charge >= 0.3 is 5.97 Å². The molecular formula is C13H25N5O2. The number of unbranched alkanes of at least 4 members (excludes halogenated alkanes) is 1. The topological polar surface area (TPSA) is 81.9 Å². The number of esters is 1. The molecule has 0 bridgehead atoms. The summed E-state index contributed by atoms with van der Waals surface area (Å²) < 4.78 is 6.60. The zero-order valence-electron chi connectivity index (χ0n) is 12.8.